The Morgan fingerprint density at radius 3 is 2.46 bits per heavy atom. The molecule has 0 saturated heterocycles. The van der Waals surface area contributed by atoms with Gasteiger partial charge < -0.3 is 15.4 Å². The molecule has 0 bridgehead atoms. The van der Waals surface area contributed by atoms with E-state index >= 15 is 0 Å². The molecule has 0 radical (unpaired) electrons. The minimum atomic E-state index is -0.584. The molecule has 1 amide bonds. The van der Waals surface area contributed by atoms with Gasteiger partial charge in [-0.2, -0.15) is 5.26 Å². The van der Waals surface area contributed by atoms with Crippen LogP contribution in [-0.4, -0.2) is 18.5 Å². The van der Waals surface area contributed by atoms with Crippen molar-refractivity contribution in [3.63, 3.8) is 0 Å². The summed E-state index contributed by atoms with van der Waals surface area (Å²) in [6.07, 6.45) is 1.31. The zero-order chi connectivity index (χ0) is 20.7. The molecule has 2 N–H and O–H groups in total. The third-order valence-electron chi connectivity index (χ3n) is 3.81. The van der Waals surface area contributed by atoms with Gasteiger partial charge in [-0.1, -0.05) is 17.7 Å². The van der Waals surface area contributed by atoms with Crippen molar-refractivity contribution in [3.05, 3.63) is 69.9 Å². The smallest absolute Gasteiger partial charge is 0.338 e. The predicted molar refractivity (Wildman–Crippen MR) is 109 cm³/mol. The van der Waals surface area contributed by atoms with Gasteiger partial charge in [0.1, 0.15) is 11.6 Å². The first-order valence-electron chi connectivity index (χ1n) is 8.57. The summed E-state index contributed by atoms with van der Waals surface area (Å²) >= 11 is 6.22. The molecule has 7 heteroatoms. The third-order valence-corrected chi connectivity index (χ3v) is 4.11. The van der Waals surface area contributed by atoms with E-state index in [1.54, 1.807) is 25.1 Å². The maximum Gasteiger partial charge on any atom is 0.338 e. The van der Waals surface area contributed by atoms with E-state index in [2.05, 4.69) is 10.6 Å². The van der Waals surface area contributed by atoms with Crippen LogP contribution in [0, 0.1) is 25.2 Å². The first-order chi connectivity index (χ1) is 13.3. The zero-order valence-corrected chi connectivity index (χ0v) is 16.6. The summed E-state index contributed by atoms with van der Waals surface area (Å²) < 4.78 is 4.91. The third kappa shape index (κ3) is 5.35. The number of nitrogens with zero attached hydrogens (tertiary/aromatic N) is 1. The quantitative estimate of drug-likeness (QED) is 0.422. The van der Waals surface area contributed by atoms with E-state index in [1.165, 1.54) is 18.3 Å². The van der Waals surface area contributed by atoms with Crippen LogP contribution >= 0.6 is 11.6 Å². The van der Waals surface area contributed by atoms with Gasteiger partial charge in [0.05, 0.1) is 22.9 Å². The van der Waals surface area contributed by atoms with E-state index in [-0.39, 0.29) is 12.2 Å². The number of carbonyl (C=O) groups excluding carboxylic acids is 2. The van der Waals surface area contributed by atoms with Crippen LogP contribution < -0.4 is 10.6 Å². The molecule has 0 atom stereocenters. The lowest BCUT2D eigenvalue weighted by Crippen LogP contribution is -2.15. The molecular weight excluding hydrogens is 378 g/mol. The number of amides is 1. The molecule has 144 valence electrons. The van der Waals surface area contributed by atoms with Gasteiger partial charge in [-0.3, -0.25) is 4.79 Å². The lowest BCUT2D eigenvalue weighted by Gasteiger charge is -2.10. The summed E-state index contributed by atoms with van der Waals surface area (Å²) in [5.41, 5.74) is 3.25. The Kier molecular flexibility index (Phi) is 7.19. The Labute approximate surface area is 168 Å². The van der Waals surface area contributed by atoms with E-state index in [0.29, 0.717) is 22.0 Å². The normalized spacial score (nSPS) is 10.8. The van der Waals surface area contributed by atoms with Crippen molar-refractivity contribution in [1.82, 2.24) is 0 Å². The van der Waals surface area contributed by atoms with Gasteiger partial charge in [-0.05, 0) is 62.2 Å². The van der Waals surface area contributed by atoms with Gasteiger partial charge in [0, 0.05) is 11.9 Å². The van der Waals surface area contributed by atoms with Crippen LogP contribution in [0.1, 0.15) is 28.4 Å². The minimum absolute atomic E-state index is 0.120. The molecule has 6 nitrogen and oxygen atoms in total. The number of halogens is 1. The number of anilines is 2. The topological polar surface area (TPSA) is 91.2 Å². The van der Waals surface area contributed by atoms with Crippen molar-refractivity contribution in [1.29, 1.82) is 5.26 Å². The molecule has 0 aliphatic carbocycles. The lowest BCUT2D eigenvalue weighted by atomic mass is 10.1. The maximum atomic E-state index is 12.3. The number of aryl methyl sites for hydroxylation is 2. The molecule has 0 aliphatic rings. The van der Waals surface area contributed by atoms with E-state index in [0.717, 1.165) is 11.1 Å². The SMILES string of the molecule is CCOC(=O)c1ccc(NC(=O)/C(C#N)=C\Nc2c(C)cc(C)cc2Cl)cc1. The number of hydrogen-bond acceptors (Lipinski definition) is 5. The standard InChI is InChI=1S/C21H20ClN3O3/c1-4-28-21(27)15-5-7-17(8-6-15)25-20(26)16(11-23)12-24-19-14(3)9-13(2)10-18(19)22/h5-10,12,24H,4H2,1-3H3,(H,25,26)/b16-12-. The van der Waals surface area contributed by atoms with Gasteiger partial charge in [0.25, 0.3) is 5.91 Å². The molecule has 2 rings (SSSR count). The summed E-state index contributed by atoms with van der Waals surface area (Å²) in [4.78, 5) is 24.0. The second kappa shape index (κ2) is 9.58. The van der Waals surface area contributed by atoms with Crippen molar-refractivity contribution in [2.45, 2.75) is 20.8 Å². The summed E-state index contributed by atoms with van der Waals surface area (Å²) in [5.74, 6) is -1.02. The number of carbonyl (C=O) groups is 2. The Bertz CT molecular complexity index is 937. The molecule has 0 spiro atoms. The lowest BCUT2D eigenvalue weighted by molar-refractivity contribution is -0.112. The van der Waals surface area contributed by atoms with Crippen molar-refractivity contribution in [2.24, 2.45) is 0 Å². The largest absolute Gasteiger partial charge is 0.462 e. The molecule has 2 aromatic carbocycles. The molecular formula is C21H20ClN3O3. The Morgan fingerprint density at radius 2 is 1.89 bits per heavy atom. The van der Waals surface area contributed by atoms with Crippen molar-refractivity contribution < 1.29 is 14.3 Å². The van der Waals surface area contributed by atoms with Crippen LogP contribution in [0.2, 0.25) is 5.02 Å². The Hall–Kier alpha value is -3.30. The summed E-state index contributed by atoms with van der Waals surface area (Å²) in [6, 6.07) is 11.8. The van der Waals surface area contributed by atoms with Gasteiger partial charge in [0.15, 0.2) is 0 Å². The molecule has 0 saturated carbocycles. The number of nitriles is 1. The van der Waals surface area contributed by atoms with Crippen molar-refractivity contribution >= 4 is 34.9 Å². The fourth-order valence-corrected chi connectivity index (χ4v) is 2.87. The highest BCUT2D eigenvalue weighted by molar-refractivity contribution is 6.33. The highest BCUT2D eigenvalue weighted by Gasteiger charge is 2.12. The molecule has 0 aliphatic heterocycles. The van der Waals surface area contributed by atoms with Crippen LogP contribution in [0.15, 0.2) is 48.2 Å². The van der Waals surface area contributed by atoms with Gasteiger partial charge in [-0.25, -0.2) is 4.79 Å². The number of esters is 1. The second-order valence-corrected chi connectivity index (χ2v) is 6.41. The first kappa shape index (κ1) is 21.0. The number of benzene rings is 2. The zero-order valence-electron chi connectivity index (χ0n) is 15.8. The van der Waals surface area contributed by atoms with Crippen LogP contribution in [-0.2, 0) is 9.53 Å². The maximum absolute atomic E-state index is 12.3. The molecule has 28 heavy (non-hydrogen) atoms. The average Bonchev–Trinajstić information content (AvgIpc) is 2.64. The molecule has 0 aromatic heterocycles. The Morgan fingerprint density at radius 1 is 1.21 bits per heavy atom. The fourth-order valence-electron chi connectivity index (χ4n) is 2.49. The second-order valence-electron chi connectivity index (χ2n) is 6.00. The molecule has 0 heterocycles. The van der Waals surface area contributed by atoms with Crippen molar-refractivity contribution in [3.8, 4) is 6.07 Å². The predicted octanol–water partition coefficient (Wildman–Crippen LogP) is 4.59. The van der Waals surface area contributed by atoms with Gasteiger partial charge in [-0.15, -0.1) is 0 Å². The molecule has 0 fully saturated rings. The fraction of sp³-hybridized carbons (Fsp3) is 0.190. The highest BCUT2D eigenvalue weighted by Crippen LogP contribution is 2.27. The first-order valence-corrected chi connectivity index (χ1v) is 8.95. The average molecular weight is 398 g/mol. The monoisotopic (exact) mass is 397 g/mol. The Balaban J connectivity index is 2.10. The van der Waals surface area contributed by atoms with E-state index in [9.17, 15) is 14.9 Å². The molecule has 2 aromatic rings. The number of ether oxygens (including phenoxy) is 1. The van der Waals surface area contributed by atoms with Crippen LogP contribution in [0.5, 0.6) is 0 Å². The minimum Gasteiger partial charge on any atom is -0.462 e. The summed E-state index contributed by atoms with van der Waals surface area (Å²) in [7, 11) is 0. The number of nitrogens with one attached hydrogen (secondary N) is 2. The summed E-state index contributed by atoms with van der Waals surface area (Å²) in [5, 5.41) is 15.3. The number of hydrogen-bond donors (Lipinski definition) is 2. The van der Waals surface area contributed by atoms with Gasteiger partial charge in [0.2, 0.25) is 0 Å². The van der Waals surface area contributed by atoms with E-state index in [1.807, 2.05) is 26.0 Å². The van der Waals surface area contributed by atoms with E-state index in [4.69, 9.17) is 16.3 Å². The van der Waals surface area contributed by atoms with Crippen molar-refractivity contribution in [2.75, 3.05) is 17.2 Å². The van der Waals surface area contributed by atoms with Crippen LogP contribution in [0.25, 0.3) is 0 Å². The summed E-state index contributed by atoms with van der Waals surface area (Å²) in [6.45, 7) is 5.82. The van der Waals surface area contributed by atoms with E-state index < -0.39 is 11.9 Å². The highest BCUT2D eigenvalue weighted by atomic mass is 35.5. The van der Waals surface area contributed by atoms with Crippen LogP contribution in [0.3, 0.4) is 0 Å². The molecule has 0 unspecified atom stereocenters. The number of rotatable bonds is 6. The van der Waals surface area contributed by atoms with Crippen LogP contribution in [0.4, 0.5) is 11.4 Å². The van der Waals surface area contributed by atoms with Gasteiger partial charge >= 0.3 is 5.97 Å².